The fraction of sp³-hybridized carbons (Fsp3) is 0.385. The summed E-state index contributed by atoms with van der Waals surface area (Å²) in [5.74, 6) is -2.67. The van der Waals surface area contributed by atoms with Crippen LogP contribution in [0.4, 0.5) is 33.5 Å². The van der Waals surface area contributed by atoms with Gasteiger partial charge in [0.1, 0.15) is 29.5 Å². The highest BCUT2D eigenvalue weighted by Gasteiger charge is 2.39. The second kappa shape index (κ2) is 13.4. The van der Waals surface area contributed by atoms with Gasteiger partial charge < -0.3 is 14.9 Å². The van der Waals surface area contributed by atoms with E-state index in [9.17, 15) is 21.6 Å². The molecule has 1 atom stereocenters. The van der Waals surface area contributed by atoms with Crippen LogP contribution in [-0.4, -0.2) is 72.6 Å². The molecule has 16 heteroatoms. The second-order valence-electron chi connectivity index (χ2n) is 9.70. The number of halogens is 5. The maximum Gasteiger partial charge on any atom is 0.433 e. The molecule has 2 aromatic heterocycles. The lowest BCUT2D eigenvalue weighted by molar-refractivity contribution is -0.141. The zero-order valence-corrected chi connectivity index (χ0v) is 23.5. The van der Waals surface area contributed by atoms with Crippen LogP contribution < -0.4 is 9.62 Å². The highest BCUT2D eigenvalue weighted by Crippen LogP contribution is 2.35. The van der Waals surface area contributed by atoms with Crippen LogP contribution in [0.15, 0.2) is 53.8 Å². The third-order valence-corrected chi connectivity index (χ3v) is 8.29. The minimum absolute atomic E-state index is 0.144. The van der Waals surface area contributed by atoms with Crippen molar-refractivity contribution in [1.29, 1.82) is 0 Å². The maximum absolute atomic E-state index is 15.1. The van der Waals surface area contributed by atoms with E-state index in [4.69, 9.17) is 9.90 Å². The van der Waals surface area contributed by atoms with E-state index >= 15 is 8.78 Å². The number of carboxylic acid groups (broad SMARTS) is 1. The summed E-state index contributed by atoms with van der Waals surface area (Å²) in [6.07, 6.45) is -0.117. The quantitative estimate of drug-likeness (QED) is 0.283. The van der Waals surface area contributed by atoms with Gasteiger partial charge in [0.2, 0.25) is 0 Å². The van der Waals surface area contributed by atoms with Gasteiger partial charge in [-0.25, -0.2) is 32.2 Å². The molecule has 0 spiro atoms. The van der Waals surface area contributed by atoms with Gasteiger partial charge in [0, 0.05) is 36.2 Å². The average Bonchev–Trinajstić information content (AvgIpc) is 2.92. The van der Waals surface area contributed by atoms with Gasteiger partial charge in [0.05, 0.1) is 0 Å². The van der Waals surface area contributed by atoms with Crippen molar-refractivity contribution in [3.8, 4) is 0 Å². The number of aromatic nitrogens is 3. The average molecular weight is 617 g/mol. The van der Waals surface area contributed by atoms with Crippen LogP contribution in [0.2, 0.25) is 0 Å². The van der Waals surface area contributed by atoms with Crippen LogP contribution in [0.5, 0.6) is 0 Å². The molecular weight excluding hydrogens is 587 g/mol. The molecule has 1 aliphatic heterocycles. The van der Waals surface area contributed by atoms with Crippen molar-refractivity contribution in [3.05, 3.63) is 71.9 Å². The number of hydrogen-bond donors (Lipinski definition) is 2. The Hall–Kier alpha value is -3.92. The molecule has 0 radical (unpaired) electrons. The summed E-state index contributed by atoms with van der Waals surface area (Å²) in [6, 6.07) is 6.96. The zero-order chi connectivity index (χ0) is 31.1. The molecule has 3 heterocycles. The van der Waals surface area contributed by atoms with Gasteiger partial charge in [-0.05, 0) is 70.1 Å². The number of anilines is 2. The number of nitrogens with one attached hydrogen (secondary N) is 1. The summed E-state index contributed by atoms with van der Waals surface area (Å²) in [6.45, 7) is 0.532. The first-order chi connectivity index (χ1) is 19.7. The number of carbonyl (C=O) groups is 1. The number of sulfonamides is 1. The number of piperidine rings is 1. The van der Waals surface area contributed by atoms with Crippen LogP contribution in [-0.2, 0) is 27.4 Å². The lowest BCUT2D eigenvalue weighted by atomic mass is 9.82. The summed E-state index contributed by atoms with van der Waals surface area (Å²) in [5.41, 5.74) is -1.03. The Morgan fingerprint density at radius 3 is 2.40 bits per heavy atom. The predicted molar refractivity (Wildman–Crippen MR) is 143 cm³/mol. The van der Waals surface area contributed by atoms with Crippen molar-refractivity contribution in [2.24, 2.45) is 0 Å². The van der Waals surface area contributed by atoms with Gasteiger partial charge >= 0.3 is 6.18 Å². The highest BCUT2D eigenvalue weighted by molar-refractivity contribution is 7.92. The number of nitrogens with zero attached hydrogens (tertiary/aromatic N) is 5. The SMILES string of the molecule is CN(C)[C@@]1(CCc2cccc(C(F)(F)F)n2)CCCN(c2cc(F)c(S(=O)(=O)Nc3ccncn3)c(F)c2)C1.O=CO. The Morgan fingerprint density at radius 2 is 1.83 bits per heavy atom. The Morgan fingerprint density at radius 1 is 1.17 bits per heavy atom. The summed E-state index contributed by atoms with van der Waals surface area (Å²) in [7, 11) is -0.924. The summed E-state index contributed by atoms with van der Waals surface area (Å²) >= 11 is 0. The third kappa shape index (κ3) is 7.88. The van der Waals surface area contributed by atoms with E-state index in [0.29, 0.717) is 38.0 Å². The molecule has 3 aromatic rings. The highest BCUT2D eigenvalue weighted by atomic mass is 32.2. The minimum Gasteiger partial charge on any atom is -0.483 e. The minimum atomic E-state index is -4.62. The van der Waals surface area contributed by atoms with E-state index in [-0.39, 0.29) is 24.4 Å². The number of hydrogen-bond acceptors (Lipinski definition) is 8. The molecule has 10 nitrogen and oxygen atoms in total. The number of aryl methyl sites for hydroxylation is 1. The zero-order valence-electron chi connectivity index (χ0n) is 22.6. The summed E-state index contributed by atoms with van der Waals surface area (Å²) in [4.78, 5) is 22.1. The Labute approximate surface area is 239 Å². The van der Waals surface area contributed by atoms with Crippen molar-refractivity contribution < 1.29 is 40.3 Å². The normalized spacial score (nSPS) is 17.4. The van der Waals surface area contributed by atoms with Gasteiger partial charge in [-0.2, -0.15) is 13.2 Å². The van der Waals surface area contributed by atoms with Gasteiger partial charge in [-0.15, -0.1) is 0 Å². The van der Waals surface area contributed by atoms with E-state index in [2.05, 4.69) is 15.0 Å². The molecule has 228 valence electrons. The smallest absolute Gasteiger partial charge is 0.433 e. The largest absolute Gasteiger partial charge is 0.483 e. The molecule has 1 aromatic carbocycles. The van der Waals surface area contributed by atoms with Gasteiger partial charge in [0.15, 0.2) is 4.90 Å². The first-order valence-electron chi connectivity index (χ1n) is 12.5. The second-order valence-corrected chi connectivity index (χ2v) is 11.3. The summed E-state index contributed by atoms with van der Waals surface area (Å²) < 4.78 is 96.9. The van der Waals surface area contributed by atoms with Gasteiger partial charge in [-0.1, -0.05) is 6.07 Å². The third-order valence-electron chi connectivity index (χ3n) is 6.89. The molecular formula is C26H29F5N6O4S. The van der Waals surface area contributed by atoms with Crippen molar-refractivity contribution in [2.75, 3.05) is 36.8 Å². The van der Waals surface area contributed by atoms with Crippen LogP contribution >= 0.6 is 0 Å². The number of likely N-dealkylation sites (N-methyl/N-ethyl adjacent to an activating group) is 1. The molecule has 0 aliphatic carbocycles. The van der Waals surface area contributed by atoms with Crippen molar-refractivity contribution >= 4 is 28.0 Å². The maximum atomic E-state index is 15.1. The van der Waals surface area contributed by atoms with Gasteiger partial charge in [0.25, 0.3) is 16.5 Å². The lowest BCUT2D eigenvalue weighted by Gasteiger charge is -2.48. The molecule has 0 saturated carbocycles. The molecule has 1 saturated heterocycles. The van der Waals surface area contributed by atoms with Gasteiger partial charge in [-0.3, -0.25) is 9.52 Å². The molecule has 0 bridgehead atoms. The summed E-state index contributed by atoms with van der Waals surface area (Å²) in [5, 5.41) is 6.89. The number of benzene rings is 1. The van der Waals surface area contributed by atoms with E-state index < -0.39 is 44.0 Å². The lowest BCUT2D eigenvalue weighted by Crippen LogP contribution is -2.56. The van der Waals surface area contributed by atoms with Crippen molar-refractivity contribution in [3.63, 3.8) is 0 Å². The Balaban J connectivity index is 0.00000155. The molecule has 0 amide bonds. The van der Waals surface area contributed by atoms with Crippen LogP contribution in [0.25, 0.3) is 0 Å². The first kappa shape index (κ1) is 32.6. The van der Waals surface area contributed by atoms with E-state index in [1.54, 1.807) is 11.0 Å². The topological polar surface area (TPSA) is 129 Å². The number of rotatable bonds is 8. The molecule has 0 unspecified atom stereocenters. The predicted octanol–water partition coefficient (Wildman–Crippen LogP) is 4.20. The first-order valence-corrected chi connectivity index (χ1v) is 14.0. The molecule has 1 aliphatic rings. The number of pyridine rings is 1. The molecule has 4 rings (SSSR count). The monoisotopic (exact) mass is 616 g/mol. The fourth-order valence-electron chi connectivity index (χ4n) is 4.79. The molecule has 1 fully saturated rings. The van der Waals surface area contributed by atoms with Crippen LogP contribution in [0, 0.1) is 11.6 Å². The Kier molecular flexibility index (Phi) is 10.4. The van der Waals surface area contributed by atoms with Crippen LogP contribution in [0.1, 0.15) is 30.7 Å². The standard InChI is InChI=1S/C25H27F5N6O2S.CH2O2/c1-35(2)24(10-7-17-5-3-6-21(33-17)25(28,29)30)9-4-12-36(15-24)18-13-19(26)23(20(27)14-18)39(37,38)34-22-8-11-31-16-32-22;2-1-3/h3,5-6,8,11,13-14,16H,4,7,9-10,12,15H2,1-2H3,(H,31,32,34);1H,(H,2,3)/t24-;/m1./s1. The molecule has 2 N–H and O–H groups in total. The van der Waals surface area contributed by atoms with Crippen LogP contribution in [0.3, 0.4) is 0 Å². The fourth-order valence-corrected chi connectivity index (χ4v) is 5.92. The van der Waals surface area contributed by atoms with E-state index in [0.717, 1.165) is 24.5 Å². The van der Waals surface area contributed by atoms with Crippen molar-refractivity contribution in [1.82, 2.24) is 19.9 Å². The molecule has 42 heavy (non-hydrogen) atoms. The van der Waals surface area contributed by atoms with E-state index in [1.165, 1.54) is 18.3 Å². The van der Waals surface area contributed by atoms with E-state index in [1.807, 2.05) is 23.7 Å². The van der Waals surface area contributed by atoms with Crippen molar-refractivity contribution in [2.45, 2.75) is 42.3 Å². The Bertz CT molecular complexity index is 1450. The number of alkyl halides is 3.